The summed E-state index contributed by atoms with van der Waals surface area (Å²) in [6, 6.07) is 4.62. The lowest BCUT2D eigenvalue weighted by Gasteiger charge is -2.51. The molecule has 3 aliphatic heterocycles. The molecule has 1 saturated heterocycles. The number of aliphatic hydroxyl groups excluding tert-OH is 1. The minimum atomic E-state index is -0.589. The van der Waals surface area contributed by atoms with Crippen molar-refractivity contribution >= 4 is 0 Å². The Balaban J connectivity index is 1.45. The first-order chi connectivity index (χ1) is 16.0. The fraction of sp³-hybridized carbons (Fsp3) is 0.793. The molecule has 1 aromatic rings. The molecule has 4 unspecified atom stereocenters. The summed E-state index contributed by atoms with van der Waals surface area (Å²) in [5.41, 5.74) is 3.45. The van der Waals surface area contributed by atoms with E-state index in [0.717, 1.165) is 31.7 Å². The summed E-state index contributed by atoms with van der Waals surface area (Å²) in [6.45, 7) is 22.2. The van der Waals surface area contributed by atoms with Crippen LogP contribution in [-0.2, 0) is 17.4 Å². The van der Waals surface area contributed by atoms with Crippen molar-refractivity contribution in [3.05, 3.63) is 28.8 Å². The number of ether oxygens (including phenoxy) is 1. The Morgan fingerprint density at radius 2 is 1.74 bits per heavy atom. The number of nitrogens with one attached hydrogen (secondary N) is 1. The monoisotopic (exact) mass is 487 g/mol. The van der Waals surface area contributed by atoms with Gasteiger partial charge in [0, 0.05) is 41.5 Å². The Hall–Kier alpha value is -1.18. The predicted molar refractivity (Wildman–Crippen MR) is 141 cm³/mol. The molecule has 0 saturated carbocycles. The van der Waals surface area contributed by atoms with Crippen LogP contribution in [0.1, 0.15) is 85.4 Å². The Morgan fingerprint density at radius 3 is 2.31 bits per heavy atom. The van der Waals surface area contributed by atoms with Crippen molar-refractivity contribution in [3.63, 3.8) is 0 Å². The van der Waals surface area contributed by atoms with Gasteiger partial charge < -0.3 is 20.4 Å². The second-order valence-corrected chi connectivity index (χ2v) is 13.8. The Bertz CT molecular complexity index is 957. The summed E-state index contributed by atoms with van der Waals surface area (Å²) < 4.78 is 6.36. The zero-order valence-electron chi connectivity index (χ0n) is 23.7. The van der Waals surface area contributed by atoms with Crippen LogP contribution in [0.4, 0.5) is 0 Å². The molecule has 6 nitrogen and oxygen atoms in total. The largest absolute Gasteiger partial charge is 0.487 e. The van der Waals surface area contributed by atoms with Crippen LogP contribution >= 0.6 is 0 Å². The van der Waals surface area contributed by atoms with E-state index in [0.29, 0.717) is 18.4 Å². The van der Waals surface area contributed by atoms with E-state index in [-0.39, 0.29) is 28.1 Å². The van der Waals surface area contributed by atoms with Gasteiger partial charge in [0.2, 0.25) is 0 Å². The number of rotatable bonds is 6. The first-order valence-electron chi connectivity index (χ1n) is 13.5. The first-order valence-corrected chi connectivity index (χ1v) is 13.5. The maximum absolute atomic E-state index is 11.0. The van der Waals surface area contributed by atoms with E-state index in [1.54, 1.807) is 0 Å². The van der Waals surface area contributed by atoms with E-state index in [1.165, 1.54) is 21.8 Å². The van der Waals surface area contributed by atoms with Gasteiger partial charge in [0.15, 0.2) is 0 Å². The smallest absolute Gasteiger partial charge is 0.130 e. The third kappa shape index (κ3) is 4.33. The second kappa shape index (κ2) is 8.70. The lowest BCUT2D eigenvalue weighted by Crippen LogP contribution is -2.54. The molecule has 3 heterocycles. The minimum Gasteiger partial charge on any atom is -0.487 e. The third-order valence-electron chi connectivity index (χ3n) is 10.0. The quantitative estimate of drug-likeness (QED) is 0.556. The maximum atomic E-state index is 11.0. The molecule has 3 N–H and O–H groups in total. The minimum absolute atomic E-state index is 0.0422. The summed E-state index contributed by atoms with van der Waals surface area (Å²) >= 11 is 0. The first kappa shape index (κ1) is 26.9. The van der Waals surface area contributed by atoms with E-state index in [9.17, 15) is 10.3 Å². The highest BCUT2D eigenvalue weighted by Gasteiger charge is 2.51. The number of nitrogens with zero attached hydrogens (tertiary/aromatic N) is 2. The number of likely N-dealkylation sites (N-methyl/N-ethyl adjacent to an activating group) is 1. The lowest BCUT2D eigenvalue weighted by atomic mass is 9.65. The van der Waals surface area contributed by atoms with Crippen LogP contribution in [0.15, 0.2) is 12.1 Å². The van der Waals surface area contributed by atoms with E-state index in [4.69, 9.17) is 4.74 Å². The highest BCUT2D eigenvalue weighted by atomic mass is 16.5. The summed E-state index contributed by atoms with van der Waals surface area (Å²) in [6.07, 6.45) is 0.815. The van der Waals surface area contributed by atoms with Crippen LogP contribution in [0.5, 0.6) is 5.75 Å². The van der Waals surface area contributed by atoms with Crippen molar-refractivity contribution in [3.8, 4) is 5.75 Å². The molecule has 4 rings (SSSR count). The zero-order valence-corrected chi connectivity index (χ0v) is 23.7. The molecule has 0 amide bonds. The molecule has 1 fully saturated rings. The normalized spacial score (nSPS) is 32.4. The van der Waals surface area contributed by atoms with E-state index in [1.807, 2.05) is 0 Å². The van der Waals surface area contributed by atoms with Gasteiger partial charge in [-0.05, 0) is 102 Å². The molecule has 0 bridgehead atoms. The van der Waals surface area contributed by atoms with Crippen molar-refractivity contribution in [2.75, 3.05) is 26.7 Å². The topological polar surface area (TPSA) is 68.2 Å². The average molecular weight is 488 g/mol. The van der Waals surface area contributed by atoms with Gasteiger partial charge in [-0.25, -0.2) is 0 Å². The summed E-state index contributed by atoms with van der Waals surface area (Å²) in [7, 11) is 2.23. The second-order valence-electron chi connectivity index (χ2n) is 13.8. The standard InChI is InChI=1S/C29H49N3O3/c1-18(2)29(9)17-31(10)28(7,8)21-11-19-12-25(35-24(19)13-22(21)29)23(33)16-30-15-20-14-26(3,4)32(34)27(20,5)6/h11,13,18,20,23,25,30,33-34H,12,14-17H2,1-10H3. The number of hydroxylamine groups is 2. The molecular formula is C29H49N3O3. The van der Waals surface area contributed by atoms with Gasteiger partial charge in [-0.3, -0.25) is 4.90 Å². The predicted octanol–water partition coefficient (Wildman–Crippen LogP) is 4.30. The van der Waals surface area contributed by atoms with Crippen LogP contribution in [0.3, 0.4) is 0 Å². The lowest BCUT2D eigenvalue weighted by molar-refractivity contribution is -0.196. The van der Waals surface area contributed by atoms with Crippen LogP contribution < -0.4 is 10.1 Å². The van der Waals surface area contributed by atoms with Crippen molar-refractivity contribution in [1.82, 2.24) is 15.3 Å². The molecule has 198 valence electrons. The van der Waals surface area contributed by atoms with E-state index in [2.05, 4.69) is 91.7 Å². The van der Waals surface area contributed by atoms with Gasteiger partial charge in [0.1, 0.15) is 18.0 Å². The van der Waals surface area contributed by atoms with Gasteiger partial charge in [-0.1, -0.05) is 20.8 Å². The molecule has 4 atom stereocenters. The number of hydrogen-bond donors (Lipinski definition) is 3. The zero-order chi connectivity index (χ0) is 26.1. The van der Waals surface area contributed by atoms with Crippen LogP contribution in [0.2, 0.25) is 0 Å². The number of benzene rings is 1. The molecule has 6 heteroatoms. The molecule has 1 aromatic carbocycles. The number of hydrogen-bond acceptors (Lipinski definition) is 6. The molecule has 0 aliphatic carbocycles. The van der Waals surface area contributed by atoms with Gasteiger partial charge in [0.05, 0.1) is 0 Å². The number of aliphatic hydroxyl groups is 1. The fourth-order valence-corrected chi connectivity index (χ4v) is 6.73. The fourth-order valence-electron chi connectivity index (χ4n) is 6.73. The Labute approximate surface area is 213 Å². The molecule has 35 heavy (non-hydrogen) atoms. The summed E-state index contributed by atoms with van der Waals surface area (Å²) in [5, 5.41) is 26.6. The van der Waals surface area contributed by atoms with Crippen molar-refractivity contribution in [2.24, 2.45) is 11.8 Å². The van der Waals surface area contributed by atoms with Gasteiger partial charge in [-0.15, -0.1) is 0 Å². The van der Waals surface area contributed by atoms with E-state index >= 15 is 0 Å². The molecular weight excluding hydrogens is 438 g/mol. The van der Waals surface area contributed by atoms with Crippen LogP contribution in [0.25, 0.3) is 0 Å². The van der Waals surface area contributed by atoms with Gasteiger partial charge in [0.25, 0.3) is 0 Å². The average Bonchev–Trinajstić information content (AvgIpc) is 3.24. The Morgan fingerprint density at radius 1 is 1.09 bits per heavy atom. The summed E-state index contributed by atoms with van der Waals surface area (Å²) in [5.74, 6) is 1.75. The van der Waals surface area contributed by atoms with Gasteiger partial charge in [-0.2, -0.15) is 5.06 Å². The van der Waals surface area contributed by atoms with Crippen LogP contribution in [-0.4, -0.2) is 70.2 Å². The highest BCUT2D eigenvalue weighted by Crippen LogP contribution is 2.49. The SMILES string of the molecule is CC(C)C1(C)CN(C)C(C)(C)c2cc3c(cc21)OC(C(O)CNCC1CC(C)(C)N(O)C1(C)C)C3. The van der Waals surface area contributed by atoms with Crippen molar-refractivity contribution in [2.45, 2.75) is 109 Å². The molecule has 3 aliphatic rings. The van der Waals surface area contributed by atoms with Crippen LogP contribution in [0, 0.1) is 11.8 Å². The molecule has 0 aromatic heterocycles. The number of fused-ring (bicyclic) bond motifs is 2. The Kier molecular flexibility index (Phi) is 6.68. The summed E-state index contributed by atoms with van der Waals surface area (Å²) in [4.78, 5) is 2.48. The van der Waals surface area contributed by atoms with Gasteiger partial charge >= 0.3 is 0 Å². The third-order valence-corrected chi connectivity index (χ3v) is 10.0. The molecule has 0 spiro atoms. The van der Waals surface area contributed by atoms with Crippen molar-refractivity contribution in [1.29, 1.82) is 0 Å². The highest BCUT2D eigenvalue weighted by molar-refractivity contribution is 5.52. The van der Waals surface area contributed by atoms with Crippen molar-refractivity contribution < 1.29 is 15.1 Å². The molecule has 0 radical (unpaired) electrons. The maximum Gasteiger partial charge on any atom is 0.130 e. The van der Waals surface area contributed by atoms with E-state index < -0.39 is 6.10 Å².